The predicted molar refractivity (Wildman–Crippen MR) is 101 cm³/mol. The summed E-state index contributed by atoms with van der Waals surface area (Å²) in [5.41, 5.74) is -1.91. The Kier molecular flexibility index (Phi) is 5.29. The molecule has 0 spiro atoms. The Morgan fingerprint density at radius 1 is 1.23 bits per heavy atom. The summed E-state index contributed by atoms with van der Waals surface area (Å²) in [5.74, 6) is -1.22. The van der Waals surface area contributed by atoms with Crippen molar-refractivity contribution in [3.63, 3.8) is 0 Å². The summed E-state index contributed by atoms with van der Waals surface area (Å²) in [6, 6.07) is 8.05. The van der Waals surface area contributed by atoms with Crippen molar-refractivity contribution in [3.05, 3.63) is 59.7 Å². The second kappa shape index (κ2) is 7.80. The molecule has 0 radical (unpaired) electrons. The highest BCUT2D eigenvalue weighted by Gasteiger charge is 2.54. The molecule has 4 rings (SSSR count). The zero-order valence-electron chi connectivity index (χ0n) is 16.6. The van der Waals surface area contributed by atoms with Crippen molar-refractivity contribution in [1.29, 1.82) is 0 Å². The predicted octanol–water partition coefficient (Wildman–Crippen LogP) is 3.04. The van der Waals surface area contributed by atoms with E-state index in [4.69, 9.17) is 4.52 Å². The number of aliphatic hydroxyl groups is 1. The maximum atomic E-state index is 13.2. The van der Waals surface area contributed by atoms with Gasteiger partial charge >= 0.3 is 6.18 Å². The minimum atomic E-state index is -4.90. The van der Waals surface area contributed by atoms with Gasteiger partial charge in [0.15, 0.2) is 5.76 Å². The normalized spacial score (nSPS) is 19.3. The number of piperidine rings is 1. The molecule has 2 atom stereocenters. The van der Waals surface area contributed by atoms with Gasteiger partial charge in [-0.1, -0.05) is 17.3 Å². The molecular weight excluding hydrogens is 415 g/mol. The van der Waals surface area contributed by atoms with Crippen LogP contribution in [0.2, 0.25) is 0 Å². The molecule has 164 valence electrons. The second-order valence-electron chi connectivity index (χ2n) is 7.61. The molecule has 1 unspecified atom stereocenters. The monoisotopic (exact) mass is 435 g/mol. The Labute approximate surface area is 175 Å². The lowest BCUT2D eigenvalue weighted by Crippen LogP contribution is -2.40. The fourth-order valence-corrected chi connectivity index (χ4v) is 3.59. The van der Waals surface area contributed by atoms with Crippen LogP contribution in [0.1, 0.15) is 47.5 Å². The lowest BCUT2D eigenvalue weighted by Gasteiger charge is -2.32. The quantitative estimate of drug-likeness (QED) is 0.677. The summed E-state index contributed by atoms with van der Waals surface area (Å²) in [4.78, 5) is 16.2. The van der Waals surface area contributed by atoms with E-state index in [0.29, 0.717) is 37.6 Å². The Balaban J connectivity index is 1.55. The first-order chi connectivity index (χ1) is 14.7. The number of rotatable bonds is 4. The van der Waals surface area contributed by atoms with E-state index < -0.39 is 17.5 Å². The Hall–Kier alpha value is -3.21. The third-order valence-corrected chi connectivity index (χ3v) is 5.46. The molecule has 0 aliphatic carbocycles. The number of amides is 1. The summed E-state index contributed by atoms with van der Waals surface area (Å²) in [5, 5.41) is 21.7. The van der Waals surface area contributed by atoms with Crippen molar-refractivity contribution < 1.29 is 27.6 Å². The third kappa shape index (κ3) is 3.92. The summed E-state index contributed by atoms with van der Waals surface area (Å²) >= 11 is 0. The molecule has 0 saturated carbocycles. The van der Waals surface area contributed by atoms with Gasteiger partial charge < -0.3 is 14.5 Å². The van der Waals surface area contributed by atoms with E-state index in [2.05, 4.69) is 15.4 Å². The van der Waals surface area contributed by atoms with E-state index in [1.807, 2.05) is 0 Å². The van der Waals surface area contributed by atoms with Crippen LogP contribution in [0.4, 0.5) is 13.2 Å². The lowest BCUT2D eigenvalue weighted by atomic mass is 9.92. The molecule has 31 heavy (non-hydrogen) atoms. The first-order valence-electron chi connectivity index (χ1n) is 9.69. The van der Waals surface area contributed by atoms with Gasteiger partial charge in [-0.3, -0.25) is 4.79 Å². The van der Waals surface area contributed by atoms with Crippen LogP contribution in [0.25, 0.3) is 5.69 Å². The highest BCUT2D eigenvalue weighted by Crippen LogP contribution is 2.40. The summed E-state index contributed by atoms with van der Waals surface area (Å²) in [6.07, 6.45) is -0.599. The molecule has 8 nitrogen and oxygen atoms in total. The molecule has 3 heterocycles. The minimum Gasteiger partial charge on any atom is -0.374 e. The molecule has 1 N–H and O–H groups in total. The number of halogens is 3. The molecule has 1 aliphatic rings. The first-order valence-corrected chi connectivity index (χ1v) is 9.69. The molecule has 11 heteroatoms. The fourth-order valence-electron chi connectivity index (χ4n) is 3.59. The van der Waals surface area contributed by atoms with Gasteiger partial charge in [-0.05, 0) is 31.9 Å². The number of carbonyl (C=O) groups excluding carboxylic acids is 1. The molecule has 3 aromatic rings. The van der Waals surface area contributed by atoms with Gasteiger partial charge in [-0.15, -0.1) is 0 Å². The maximum Gasteiger partial charge on any atom is 0.424 e. The number of hydrogen-bond acceptors (Lipinski definition) is 6. The smallest absolute Gasteiger partial charge is 0.374 e. The van der Waals surface area contributed by atoms with Gasteiger partial charge in [-0.2, -0.15) is 28.2 Å². The van der Waals surface area contributed by atoms with E-state index in [1.165, 1.54) is 17.2 Å². The Morgan fingerprint density at radius 2 is 1.94 bits per heavy atom. The van der Waals surface area contributed by atoms with Crippen molar-refractivity contribution >= 4 is 5.91 Å². The van der Waals surface area contributed by atoms with Crippen LogP contribution in [-0.4, -0.2) is 55.3 Å². The molecule has 0 bridgehead atoms. The molecular formula is C20H20F3N5O3. The van der Waals surface area contributed by atoms with Crippen LogP contribution >= 0.6 is 0 Å². The van der Waals surface area contributed by atoms with Crippen molar-refractivity contribution in [2.45, 2.75) is 37.5 Å². The molecule has 1 aromatic carbocycles. The van der Waals surface area contributed by atoms with Crippen LogP contribution in [0.15, 0.2) is 47.2 Å². The standard InChI is InChI=1S/C20H20F3N5O3/c1-19(30,20(21,22)23)17-11-15(26-31-17)13-5-4-10-27(12-13)18(29)14-6-2-3-7-16(14)28-24-8-9-25-28/h2-3,6-9,11,13,30H,4-5,10,12H2,1H3/t13-,19?/m1/s1. The zero-order chi connectivity index (χ0) is 22.2. The SMILES string of the molecule is CC(O)(c1cc([C@@H]2CCCN(C(=O)c3ccccc3-n3nccn3)C2)no1)C(F)(F)F. The third-order valence-electron chi connectivity index (χ3n) is 5.46. The molecule has 1 saturated heterocycles. The molecule has 1 fully saturated rings. The van der Waals surface area contributed by atoms with Gasteiger partial charge in [0, 0.05) is 25.1 Å². The van der Waals surface area contributed by atoms with Gasteiger partial charge in [-0.25, -0.2) is 0 Å². The lowest BCUT2D eigenvalue weighted by molar-refractivity contribution is -0.265. The van der Waals surface area contributed by atoms with Crippen LogP contribution in [-0.2, 0) is 5.60 Å². The largest absolute Gasteiger partial charge is 0.424 e. The van der Waals surface area contributed by atoms with Crippen molar-refractivity contribution in [1.82, 2.24) is 25.1 Å². The molecule has 2 aromatic heterocycles. The number of carbonyl (C=O) groups is 1. The number of hydrogen-bond donors (Lipinski definition) is 1. The average Bonchev–Trinajstić information content (AvgIpc) is 3.45. The van der Waals surface area contributed by atoms with Crippen LogP contribution < -0.4 is 0 Å². The first kappa shape index (κ1) is 21.0. The number of alkyl halides is 3. The number of nitrogens with zero attached hydrogens (tertiary/aromatic N) is 5. The topological polar surface area (TPSA) is 97.3 Å². The second-order valence-corrected chi connectivity index (χ2v) is 7.61. The number of likely N-dealkylation sites (tertiary alicyclic amines) is 1. The summed E-state index contributed by atoms with van der Waals surface area (Å²) in [7, 11) is 0. The number of aromatic nitrogens is 4. The zero-order valence-corrected chi connectivity index (χ0v) is 16.6. The van der Waals surface area contributed by atoms with Crippen LogP contribution in [0.5, 0.6) is 0 Å². The van der Waals surface area contributed by atoms with Gasteiger partial charge in [0.1, 0.15) is 0 Å². The van der Waals surface area contributed by atoms with Crippen molar-refractivity contribution in [2.24, 2.45) is 0 Å². The van der Waals surface area contributed by atoms with Gasteiger partial charge in [0.25, 0.3) is 5.91 Å². The highest BCUT2D eigenvalue weighted by molar-refractivity contribution is 5.97. The van der Waals surface area contributed by atoms with E-state index in [0.717, 1.165) is 6.07 Å². The Bertz CT molecular complexity index is 1060. The van der Waals surface area contributed by atoms with Gasteiger partial charge in [0.2, 0.25) is 5.60 Å². The van der Waals surface area contributed by atoms with Gasteiger partial charge in [0.05, 0.1) is 29.3 Å². The molecule has 1 amide bonds. The molecule has 1 aliphatic heterocycles. The number of para-hydroxylation sites is 1. The maximum absolute atomic E-state index is 13.2. The number of benzene rings is 1. The summed E-state index contributed by atoms with van der Waals surface area (Å²) in [6.45, 7) is 1.38. The fraction of sp³-hybridized carbons (Fsp3) is 0.400. The highest BCUT2D eigenvalue weighted by atomic mass is 19.4. The van der Waals surface area contributed by atoms with Crippen LogP contribution in [0.3, 0.4) is 0 Å². The van der Waals surface area contributed by atoms with E-state index >= 15 is 0 Å². The van der Waals surface area contributed by atoms with E-state index in [1.54, 1.807) is 29.2 Å². The van der Waals surface area contributed by atoms with Crippen molar-refractivity contribution in [3.8, 4) is 5.69 Å². The Morgan fingerprint density at radius 3 is 2.65 bits per heavy atom. The van der Waals surface area contributed by atoms with E-state index in [-0.39, 0.29) is 24.1 Å². The minimum absolute atomic E-state index is 0.233. The van der Waals surface area contributed by atoms with Crippen LogP contribution in [0, 0.1) is 0 Å². The van der Waals surface area contributed by atoms with Crippen molar-refractivity contribution in [2.75, 3.05) is 13.1 Å². The summed E-state index contributed by atoms with van der Waals surface area (Å²) < 4.78 is 44.0. The average molecular weight is 435 g/mol. The van der Waals surface area contributed by atoms with E-state index in [9.17, 15) is 23.1 Å².